The molecule has 0 bridgehead atoms. The molecule has 1 saturated carbocycles. The highest BCUT2D eigenvalue weighted by molar-refractivity contribution is 7.92. The number of carbonyl (C=O) groups excluding carboxylic acids is 2. The third-order valence-corrected chi connectivity index (χ3v) is 9.30. The average molecular weight is 578 g/mol. The van der Waals surface area contributed by atoms with Crippen molar-refractivity contribution < 1.29 is 22.7 Å². The Morgan fingerprint density at radius 1 is 0.951 bits per heavy atom. The Bertz CT molecular complexity index is 1420. The Morgan fingerprint density at radius 2 is 1.59 bits per heavy atom. The number of para-hydroxylation sites is 1. The van der Waals surface area contributed by atoms with Crippen molar-refractivity contribution in [2.24, 2.45) is 0 Å². The van der Waals surface area contributed by atoms with Gasteiger partial charge in [-0.25, -0.2) is 8.42 Å². The van der Waals surface area contributed by atoms with Gasteiger partial charge in [-0.1, -0.05) is 55.3 Å². The van der Waals surface area contributed by atoms with Crippen molar-refractivity contribution in [2.75, 3.05) is 17.5 Å². The van der Waals surface area contributed by atoms with E-state index in [1.54, 1.807) is 49.4 Å². The minimum Gasteiger partial charge on any atom is -0.494 e. The second-order valence-corrected chi connectivity index (χ2v) is 12.2. The Balaban J connectivity index is 1.66. The molecule has 41 heavy (non-hydrogen) atoms. The minimum atomic E-state index is -4.13. The van der Waals surface area contributed by atoms with E-state index in [1.165, 1.54) is 17.0 Å². The lowest BCUT2D eigenvalue weighted by atomic mass is 10.1. The van der Waals surface area contributed by atoms with Crippen molar-refractivity contribution in [2.45, 2.75) is 70.0 Å². The molecule has 0 radical (unpaired) electrons. The fourth-order valence-electron chi connectivity index (χ4n) is 5.07. The first-order chi connectivity index (χ1) is 19.7. The highest BCUT2D eigenvalue weighted by Gasteiger charge is 2.33. The third-order valence-electron chi connectivity index (χ3n) is 7.52. The maximum absolute atomic E-state index is 14.1. The zero-order chi connectivity index (χ0) is 29.4. The van der Waals surface area contributed by atoms with Crippen LogP contribution in [0.4, 0.5) is 5.69 Å². The summed E-state index contributed by atoms with van der Waals surface area (Å²) in [6, 6.07) is 21.7. The zero-order valence-electron chi connectivity index (χ0n) is 24.0. The summed E-state index contributed by atoms with van der Waals surface area (Å²) in [5.74, 6) is -0.152. The summed E-state index contributed by atoms with van der Waals surface area (Å²) in [6.45, 7) is 5.68. The molecule has 4 rings (SSSR count). The number of hydrogen-bond donors (Lipinski definition) is 1. The van der Waals surface area contributed by atoms with Crippen LogP contribution in [-0.2, 0) is 26.2 Å². The van der Waals surface area contributed by atoms with Gasteiger partial charge in [0, 0.05) is 12.6 Å². The summed E-state index contributed by atoms with van der Waals surface area (Å²) in [4.78, 5) is 28.9. The Hall–Kier alpha value is -3.85. The number of sulfonamides is 1. The predicted molar refractivity (Wildman–Crippen MR) is 160 cm³/mol. The van der Waals surface area contributed by atoms with E-state index in [0.717, 1.165) is 41.1 Å². The van der Waals surface area contributed by atoms with Crippen molar-refractivity contribution >= 4 is 27.5 Å². The van der Waals surface area contributed by atoms with Crippen LogP contribution in [0.1, 0.15) is 50.7 Å². The molecule has 9 heteroatoms. The molecule has 0 saturated heterocycles. The summed E-state index contributed by atoms with van der Waals surface area (Å²) >= 11 is 0. The molecule has 0 spiro atoms. The number of amides is 2. The quantitative estimate of drug-likeness (QED) is 0.325. The smallest absolute Gasteiger partial charge is 0.264 e. The monoisotopic (exact) mass is 577 g/mol. The molecule has 1 aliphatic rings. The van der Waals surface area contributed by atoms with Gasteiger partial charge in [0.15, 0.2) is 0 Å². The van der Waals surface area contributed by atoms with Crippen molar-refractivity contribution in [3.8, 4) is 5.75 Å². The second kappa shape index (κ2) is 13.7. The number of aryl methyl sites for hydroxylation is 1. The van der Waals surface area contributed by atoms with Crippen molar-refractivity contribution in [3.05, 3.63) is 90.0 Å². The van der Waals surface area contributed by atoms with Crippen LogP contribution in [0.2, 0.25) is 0 Å². The van der Waals surface area contributed by atoms with Gasteiger partial charge < -0.3 is 15.0 Å². The van der Waals surface area contributed by atoms with Gasteiger partial charge in [-0.3, -0.25) is 13.9 Å². The second-order valence-electron chi connectivity index (χ2n) is 10.4. The molecule has 0 unspecified atom stereocenters. The largest absolute Gasteiger partial charge is 0.494 e. The Kier molecular flexibility index (Phi) is 10.0. The number of hydrogen-bond acceptors (Lipinski definition) is 5. The average Bonchev–Trinajstić information content (AvgIpc) is 3.49. The Labute approximate surface area is 243 Å². The van der Waals surface area contributed by atoms with Gasteiger partial charge in [-0.2, -0.15) is 0 Å². The van der Waals surface area contributed by atoms with Crippen LogP contribution in [0.15, 0.2) is 83.8 Å². The molecule has 1 atom stereocenters. The molecule has 1 fully saturated rings. The van der Waals surface area contributed by atoms with Gasteiger partial charge in [0.05, 0.1) is 17.2 Å². The van der Waals surface area contributed by atoms with Gasteiger partial charge in [0.2, 0.25) is 11.8 Å². The number of ether oxygens (including phenoxy) is 1. The summed E-state index contributed by atoms with van der Waals surface area (Å²) in [6.07, 6.45) is 3.99. The topological polar surface area (TPSA) is 96.0 Å². The van der Waals surface area contributed by atoms with E-state index in [1.807, 2.05) is 38.1 Å². The number of nitrogens with zero attached hydrogens (tertiary/aromatic N) is 2. The minimum absolute atomic E-state index is 0.0371. The van der Waals surface area contributed by atoms with Crippen molar-refractivity contribution in [3.63, 3.8) is 0 Å². The zero-order valence-corrected chi connectivity index (χ0v) is 24.8. The normalized spacial score (nSPS) is 14.3. The molecule has 0 aliphatic heterocycles. The van der Waals surface area contributed by atoms with Crippen LogP contribution in [0.25, 0.3) is 0 Å². The summed E-state index contributed by atoms with van der Waals surface area (Å²) in [5, 5.41) is 3.09. The maximum atomic E-state index is 14.1. The summed E-state index contributed by atoms with van der Waals surface area (Å²) < 4.78 is 34.5. The number of rotatable bonds is 12. The Morgan fingerprint density at radius 3 is 2.22 bits per heavy atom. The first kappa shape index (κ1) is 30.1. The number of benzene rings is 3. The lowest BCUT2D eigenvalue weighted by molar-refractivity contribution is -0.139. The van der Waals surface area contributed by atoms with Gasteiger partial charge >= 0.3 is 0 Å². The van der Waals surface area contributed by atoms with Gasteiger partial charge in [-0.05, 0) is 81.1 Å². The number of anilines is 1. The molecule has 3 aromatic rings. The van der Waals surface area contributed by atoms with E-state index in [0.29, 0.717) is 18.0 Å². The molecule has 0 heterocycles. The van der Waals surface area contributed by atoms with Gasteiger partial charge in [-0.15, -0.1) is 0 Å². The molecule has 0 aromatic heterocycles. The highest BCUT2D eigenvalue weighted by Crippen LogP contribution is 2.26. The molecule has 1 N–H and O–H groups in total. The molecular weight excluding hydrogens is 538 g/mol. The summed E-state index contributed by atoms with van der Waals surface area (Å²) in [5.41, 5.74) is 2.23. The van der Waals surface area contributed by atoms with Crippen LogP contribution in [-0.4, -0.2) is 50.4 Å². The van der Waals surface area contributed by atoms with Crippen LogP contribution in [0.5, 0.6) is 5.75 Å². The highest BCUT2D eigenvalue weighted by atomic mass is 32.2. The standard InChI is InChI=1S/C32H39N3O5S/c1-4-40-29-18-20-30(21-19-29)41(38,39)35(28-16-6-5-7-17-28)23-31(36)34(22-26-13-9-8-12-24(26)2)25(3)32(37)33-27-14-10-11-15-27/h5-9,12-13,16-21,25,27H,4,10-11,14-15,22-23H2,1-3H3,(H,33,37)/t25-/m1/s1. The lowest BCUT2D eigenvalue weighted by Crippen LogP contribution is -2.52. The van der Waals surface area contributed by atoms with E-state index in [2.05, 4.69) is 5.32 Å². The molecule has 1 aliphatic carbocycles. The molecule has 218 valence electrons. The number of nitrogens with one attached hydrogen (secondary N) is 1. The molecular formula is C32H39N3O5S. The van der Waals surface area contributed by atoms with E-state index in [9.17, 15) is 18.0 Å². The fourth-order valence-corrected chi connectivity index (χ4v) is 6.48. The van der Waals surface area contributed by atoms with Crippen LogP contribution >= 0.6 is 0 Å². The summed E-state index contributed by atoms with van der Waals surface area (Å²) in [7, 11) is -4.13. The molecule has 8 nitrogen and oxygen atoms in total. The van der Waals surface area contributed by atoms with Gasteiger partial charge in [0.1, 0.15) is 18.3 Å². The third kappa shape index (κ3) is 7.47. The van der Waals surface area contributed by atoms with Gasteiger partial charge in [0.25, 0.3) is 10.0 Å². The van der Waals surface area contributed by atoms with E-state index >= 15 is 0 Å². The molecule has 3 aromatic carbocycles. The van der Waals surface area contributed by atoms with Crippen molar-refractivity contribution in [1.29, 1.82) is 0 Å². The number of carbonyl (C=O) groups is 2. The van der Waals surface area contributed by atoms with Crippen LogP contribution in [0.3, 0.4) is 0 Å². The van der Waals surface area contributed by atoms with E-state index in [-0.39, 0.29) is 23.4 Å². The van der Waals surface area contributed by atoms with Crippen LogP contribution in [0, 0.1) is 6.92 Å². The first-order valence-corrected chi connectivity index (χ1v) is 15.6. The predicted octanol–water partition coefficient (Wildman–Crippen LogP) is 5.07. The maximum Gasteiger partial charge on any atom is 0.264 e. The lowest BCUT2D eigenvalue weighted by Gasteiger charge is -2.32. The van der Waals surface area contributed by atoms with Crippen LogP contribution < -0.4 is 14.4 Å². The first-order valence-electron chi connectivity index (χ1n) is 14.2. The SMILES string of the molecule is CCOc1ccc(S(=O)(=O)N(CC(=O)N(Cc2ccccc2C)[C@H](C)C(=O)NC2CCCC2)c2ccccc2)cc1. The fraction of sp³-hybridized carbons (Fsp3) is 0.375. The molecule has 2 amide bonds. The van der Waals surface area contributed by atoms with Crippen molar-refractivity contribution in [1.82, 2.24) is 10.2 Å². The van der Waals surface area contributed by atoms with E-state index in [4.69, 9.17) is 4.74 Å². The van der Waals surface area contributed by atoms with E-state index < -0.39 is 28.5 Å².